The molecule has 0 saturated carbocycles. The van der Waals surface area contributed by atoms with Crippen molar-refractivity contribution >= 4 is 49.6 Å². The molecule has 0 bridgehead atoms. The van der Waals surface area contributed by atoms with Gasteiger partial charge in [-0.05, 0) is 93.7 Å². The summed E-state index contributed by atoms with van der Waals surface area (Å²) in [6.45, 7) is 0. The van der Waals surface area contributed by atoms with Crippen molar-refractivity contribution in [2.75, 3.05) is 4.90 Å². The zero-order valence-corrected chi connectivity index (χ0v) is 25.5. The van der Waals surface area contributed by atoms with Gasteiger partial charge in [0.2, 0.25) is 0 Å². The lowest BCUT2D eigenvalue weighted by Gasteiger charge is -2.26. The molecule has 2 nitrogen and oxygen atoms in total. The number of benzene rings is 8. The average Bonchev–Trinajstić information content (AvgIpc) is 3.60. The number of hydrogen-bond donors (Lipinski definition) is 0. The molecule has 9 rings (SSSR count). The lowest BCUT2D eigenvalue weighted by molar-refractivity contribution is 1.18. The Bertz CT molecular complexity index is 3140. The van der Waals surface area contributed by atoms with Gasteiger partial charge in [0, 0.05) is 27.8 Å². The molecule has 0 unspecified atom stereocenters. The van der Waals surface area contributed by atoms with Gasteiger partial charge in [0.1, 0.15) is 0 Å². The van der Waals surface area contributed by atoms with E-state index in [1.807, 2.05) is 78.9 Å². The summed E-state index contributed by atoms with van der Waals surface area (Å²) in [5, 5.41) is 1.61. The van der Waals surface area contributed by atoms with E-state index >= 15 is 0 Å². The van der Waals surface area contributed by atoms with Gasteiger partial charge in [-0.1, -0.05) is 133 Å². The van der Waals surface area contributed by atoms with Crippen LogP contribution in [-0.2, 0) is 0 Å². The van der Waals surface area contributed by atoms with Gasteiger partial charge in [0.25, 0.3) is 0 Å². The fraction of sp³-hybridized carbons (Fsp3) is 0. The molecule has 0 spiro atoms. The molecule has 8 aromatic carbocycles. The van der Waals surface area contributed by atoms with E-state index in [4.69, 9.17) is 13.7 Å². The molecule has 0 atom stereocenters. The molecule has 0 fully saturated rings. The summed E-state index contributed by atoms with van der Waals surface area (Å²) < 4.78 is 98.2. The molecule has 48 heavy (non-hydrogen) atoms. The van der Waals surface area contributed by atoms with E-state index in [9.17, 15) is 1.37 Å². The highest BCUT2D eigenvalue weighted by atomic mass is 15.1. The molecule has 226 valence electrons. The van der Waals surface area contributed by atoms with Crippen LogP contribution in [0.1, 0.15) is 15.1 Å². The maximum Gasteiger partial charge on any atom is 0.0636 e. The van der Waals surface area contributed by atoms with Crippen LogP contribution in [0.2, 0.25) is 0 Å². The van der Waals surface area contributed by atoms with Crippen LogP contribution in [0.3, 0.4) is 0 Å². The summed E-state index contributed by atoms with van der Waals surface area (Å²) in [7, 11) is 0. The van der Waals surface area contributed by atoms with Gasteiger partial charge in [-0.15, -0.1) is 0 Å². The van der Waals surface area contributed by atoms with E-state index < -0.39 is 59.9 Å². The lowest BCUT2D eigenvalue weighted by atomic mass is 9.95. The van der Waals surface area contributed by atoms with Crippen molar-refractivity contribution in [3.8, 4) is 27.9 Å². The number of anilines is 3. The largest absolute Gasteiger partial charge is 0.310 e. The van der Waals surface area contributed by atoms with E-state index in [-0.39, 0.29) is 34.0 Å². The lowest BCUT2D eigenvalue weighted by Crippen LogP contribution is -2.10. The van der Waals surface area contributed by atoms with Gasteiger partial charge in [0.15, 0.2) is 0 Å². The van der Waals surface area contributed by atoms with Crippen molar-refractivity contribution in [3.05, 3.63) is 194 Å². The predicted molar refractivity (Wildman–Crippen MR) is 204 cm³/mol. The number of hydrogen-bond acceptors (Lipinski definition) is 1. The predicted octanol–water partition coefficient (Wildman–Crippen LogP) is 12.7. The molecule has 1 aromatic heterocycles. The Balaban J connectivity index is 1.27. The summed E-state index contributed by atoms with van der Waals surface area (Å²) in [6.07, 6.45) is 0. The molecule has 9 aromatic rings. The second kappa shape index (κ2) is 11.8. The van der Waals surface area contributed by atoms with Crippen LogP contribution >= 0.6 is 0 Å². The Hall–Kier alpha value is -6.38. The number of para-hydroxylation sites is 3. The number of rotatable bonds is 6. The minimum Gasteiger partial charge on any atom is -0.310 e. The number of aromatic nitrogens is 1. The van der Waals surface area contributed by atoms with Crippen molar-refractivity contribution in [1.29, 1.82) is 0 Å². The standard InChI is InChI=1S/C46H32N2/c1-4-14-34(15-5-1)40-22-12-16-35-26-27-36(32-42(35)40)33-28-30-39(31-29-33)47(37-17-6-2-7-18-37)44-24-13-25-45-46(44)41-21-10-11-23-43(41)48(45)38-19-8-3-9-20-38/h1-32H/i1D,4D,5D,12D,14D,15D,16D,22D,26D,27D,32D. The van der Waals surface area contributed by atoms with Gasteiger partial charge in [-0.25, -0.2) is 0 Å². The minimum absolute atomic E-state index is 0.00140. The van der Waals surface area contributed by atoms with Gasteiger partial charge < -0.3 is 9.47 Å². The Kier molecular flexibility index (Phi) is 4.58. The van der Waals surface area contributed by atoms with E-state index in [2.05, 4.69) is 45.9 Å². The van der Waals surface area contributed by atoms with Crippen molar-refractivity contribution < 1.29 is 15.1 Å². The zero-order valence-electron chi connectivity index (χ0n) is 36.5. The van der Waals surface area contributed by atoms with Crippen LogP contribution in [0.5, 0.6) is 0 Å². The Morgan fingerprint density at radius 3 is 1.98 bits per heavy atom. The Morgan fingerprint density at radius 1 is 0.458 bits per heavy atom. The van der Waals surface area contributed by atoms with Crippen LogP contribution in [-0.4, -0.2) is 4.57 Å². The Labute approximate surface area is 295 Å². The third-order valence-corrected chi connectivity index (χ3v) is 8.55. The van der Waals surface area contributed by atoms with Crippen LogP contribution in [0, 0.1) is 0 Å². The first-order valence-corrected chi connectivity index (χ1v) is 15.6. The summed E-state index contributed by atoms with van der Waals surface area (Å²) in [6, 6.07) is 35.5. The minimum atomic E-state index is -0.663. The van der Waals surface area contributed by atoms with Crippen molar-refractivity contribution in [1.82, 2.24) is 4.57 Å². The molecule has 0 aliphatic carbocycles. The summed E-state index contributed by atoms with van der Waals surface area (Å²) >= 11 is 0. The van der Waals surface area contributed by atoms with Crippen molar-refractivity contribution in [2.45, 2.75) is 0 Å². The van der Waals surface area contributed by atoms with E-state index in [1.165, 1.54) is 0 Å². The first kappa shape index (κ1) is 18.7. The summed E-state index contributed by atoms with van der Waals surface area (Å²) in [4.78, 5) is 2.14. The second-order valence-electron chi connectivity index (χ2n) is 11.3. The molecule has 0 radical (unpaired) electrons. The topological polar surface area (TPSA) is 8.17 Å². The van der Waals surface area contributed by atoms with Crippen molar-refractivity contribution in [2.24, 2.45) is 0 Å². The normalized spacial score (nSPS) is 14.5. The highest BCUT2D eigenvalue weighted by molar-refractivity contribution is 6.16. The van der Waals surface area contributed by atoms with Gasteiger partial charge in [0.05, 0.1) is 31.8 Å². The summed E-state index contributed by atoms with van der Waals surface area (Å²) in [5.41, 5.74) is 5.28. The van der Waals surface area contributed by atoms with E-state index in [1.54, 1.807) is 12.1 Å². The zero-order chi connectivity index (χ0) is 41.4. The molecule has 2 heteroatoms. The van der Waals surface area contributed by atoms with E-state index in [0.717, 1.165) is 44.6 Å². The van der Waals surface area contributed by atoms with Crippen LogP contribution in [0.4, 0.5) is 17.1 Å². The second-order valence-corrected chi connectivity index (χ2v) is 11.3. The number of nitrogens with zero attached hydrogens (tertiary/aromatic N) is 2. The fourth-order valence-corrected chi connectivity index (χ4v) is 6.44. The molecule has 0 amide bonds. The molecule has 0 aliphatic heterocycles. The summed E-state index contributed by atoms with van der Waals surface area (Å²) in [5.74, 6) is 0. The highest BCUT2D eigenvalue weighted by Crippen LogP contribution is 2.44. The molecule has 0 saturated heterocycles. The molecule has 0 N–H and O–H groups in total. The van der Waals surface area contributed by atoms with Gasteiger partial charge in [-0.2, -0.15) is 0 Å². The van der Waals surface area contributed by atoms with Crippen LogP contribution in [0.25, 0.3) is 60.5 Å². The first-order chi connectivity index (χ1) is 28.4. The smallest absolute Gasteiger partial charge is 0.0636 e. The number of fused-ring (bicyclic) bond motifs is 4. The fourth-order valence-electron chi connectivity index (χ4n) is 6.44. The van der Waals surface area contributed by atoms with Crippen molar-refractivity contribution in [3.63, 3.8) is 0 Å². The maximum atomic E-state index is 9.51. The third kappa shape index (κ3) is 4.74. The molecular weight excluding hydrogens is 581 g/mol. The Morgan fingerprint density at radius 2 is 1.17 bits per heavy atom. The quantitative estimate of drug-likeness (QED) is 0.179. The van der Waals surface area contributed by atoms with E-state index in [0.29, 0.717) is 5.56 Å². The first-order valence-electron chi connectivity index (χ1n) is 21.1. The molecule has 0 aliphatic rings. The van der Waals surface area contributed by atoms with Gasteiger partial charge >= 0.3 is 0 Å². The van der Waals surface area contributed by atoms with Crippen LogP contribution in [0.15, 0.2) is 194 Å². The third-order valence-electron chi connectivity index (χ3n) is 8.55. The highest BCUT2D eigenvalue weighted by Gasteiger charge is 2.20. The van der Waals surface area contributed by atoms with Crippen LogP contribution < -0.4 is 4.90 Å². The van der Waals surface area contributed by atoms with Gasteiger partial charge in [-0.3, -0.25) is 0 Å². The molecule has 1 heterocycles. The SMILES string of the molecule is [2H]c1c([2H])c([2H])c(-c2c([2H])c([2H])c([2H])c3c([2H])c([2H])c(-c4ccc(N(c5ccccc5)c5cccc6c5c5ccccc5n6-c5ccccc5)cc4)c([2H])c23)c([2H])c1[2H]. The maximum absolute atomic E-state index is 9.51. The average molecular weight is 624 g/mol. The monoisotopic (exact) mass is 623 g/mol. The molecular formula is C46H32N2.